The Morgan fingerprint density at radius 3 is 2.69 bits per heavy atom. The Morgan fingerprint density at radius 1 is 1.15 bits per heavy atom. The van der Waals surface area contributed by atoms with Gasteiger partial charge in [-0.1, -0.05) is 10.3 Å². The number of carbonyl (C=O) groups excluding carboxylic acids is 1. The van der Waals surface area contributed by atoms with Gasteiger partial charge in [-0.3, -0.25) is 14.6 Å². The van der Waals surface area contributed by atoms with Crippen molar-refractivity contribution in [2.45, 2.75) is 45.8 Å². The fraction of sp³-hybridized carbons (Fsp3) is 0.647. The van der Waals surface area contributed by atoms with E-state index < -0.39 is 5.91 Å². The molecule has 3 saturated heterocycles. The lowest BCUT2D eigenvalue weighted by atomic mass is 9.95. The third kappa shape index (κ3) is 3.36. The summed E-state index contributed by atoms with van der Waals surface area (Å²) in [5.41, 5.74) is 7.36. The van der Waals surface area contributed by atoms with Gasteiger partial charge in [-0.2, -0.15) is 4.98 Å². The zero-order chi connectivity index (χ0) is 18.3. The number of aromatic nitrogens is 3. The number of rotatable bonds is 5. The molecule has 26 heavy (non-hydrogen) atoms. The number of fused-ring (bicyclic) bond motifs is 4. The van der Waals surface area contributed by atoms with Crippen LogP contribution in [0, 0.1) is 19.8 Å². The SMILES string of the molecule is Cc1noc(C)c1CN1C[C@@H]2CC[C@H](C1)N(Cc1nc(C(N)=O)no1)C2. The molecular weight excluding hydrogens is 336 g/mol. The average Bonchev–Trinajstić information content (AvgIpc) is 3.07. The molecule has 1 amide bonds. The molecule has 2 bridgehead atoms. The largest absolute Gasteiger partial charge is 0.363 e. The molecule has 0 radical (unpaired) electrons. The monoisotopic (exact) mass is 360 g/mol. The summed E-state index contributed by atoms with van der Waals surface area (Å²) in [5, 5.41) is 7.70. The Bertz CT molecular complexity index is 781. The number of aryl methyl sites for hydroxylation is 2. The number of carbonyl (C=O) groups is 1. The van der Waals surface area contributed by atoms with Crippen molar-refractivity contribution in [3.05, 3.63) is 28.7 Å². The number of hydrogen-bond acceptors (Lipinski definition) is 8. The number of nitrogens with two attached hydrogens (primary N) is 1. The van der Waals surface area contributed by atoms with Gasteiger partial charge in [-0.05, 0) is 32.6 Å². The molecule has 0 saturated carbocycles. The second-order valence-corrected chi connectivity index (χ2v) is 7.40. The molecule has 0 aromatic carbocycles. The van der Waals surface area contributed by atoms with Crippen molar-refractivity contribution >= 4 is 5.91 Å². The van der Waals surface area contributed by atoms with E-state index in [-0.39, 0.29) is 5.82 Å². The number of nitrogens with zero attached hydrogens (tertiary/aromatic N) is 5. The van der Waals surface area contributed by atoms with Crippen LogP contribution < -0.4 is 5.73 Å². The second kappa shape index (κ2) is 6.81. The summed E-state index contributed by atoms with van der Waals surface area (Å²) in [6.07, 6.45) is 2.38. The van der Waals surface area contributed by atoms with Crippen LogP contribution in [0.5, 0.6) is 0 Å². The van der Waals surface area contributed by atoms with Crippen LogP contribution >= 0.6 is 0 Å². The van der Waals surface area contributed by atoms with E-state index >= 15 is 0 Å². The minimum atomic E-state index is -0.664. The summed E-state index contributed by atoms with van der Waals surface area (Å²) in [6.45, 7) is 8.44. The summed E-state index contributed by atoms with van der Waals surface area (Å²) in [4.78, 5) is 20.1. The standard InChI is InChI=1S/C17H24N6O3/c1-10-14(11(2)25-20-10)8-22-5-12-3-4-13(7-22)23(6-12)9-15-19-17(16(18)24)21-26-15/h12-13H,3-9H2,1-2H3,(H2,18,24)/t12-,13+/m0/s1. The molecule has 3 fully saturated rings. The van der Waals surface area contributed by atoms with Gasteiger partial charge in [0.15, 0.2) is 0 Å². The molecule has 9 heteroatoms. The van der Waals surface area contributed by atoms with Gasteiger partial charge in [0.1, 0.15) is 5.76 Å². The van der Waals surface area contributed by atoms with Crippen molar-refractivity contribution in [1.82, 2.24) is 25.1 Å². The molecule has 9 nitrogen and oxygen atoms in total. The zero-order valence-corrected chi connectivity index (χ0v) is 15.1. The summed E-state index contributed by atoms with van der Waals surface area (Å²) in [5.74, 6) is 1.24. The zero-order valence-electron chi connectivity index (χ0n) is 15.1. The van der Waals surface area contributed by atoms with Crippen LogP contribution in [0.4, 0.5) is 0 Å². The smallest absolute Gasteiger partial charge is 0.290 e. The maximum Gasteiger partial charge on any atom is 0.290 e. The minimum Gasteiger partial charge on any atom is -0.363 e. The predicted octanol–water partition coefficient (Wildman–Crippen LogP) is 0.870. The highest BCUT2D eigenvalue weighted by Crippen LogP contribution is 2.30. The molecule has 2 atom stereocenters. The van der Waals surface area contributed by atoms with Gasteiger partial charge in [0.25, 0.3) is 11.7 Å². The number of piperidine rings is 1. The minimum absolute atomic E-state index is 0.0555. The lowest BCUT2D eigenvalue weighted by Gasteiger charge is -2.35. The van der Waals surface area contributed by atoms with Crippen LogP contribution in [0.3, 0.4) is 0 Å². The maximum atomic E-state index is 11.1. The Hall–Kier alpha value is -2.26. The van der Waals surface area contributed by atoms with Gasteiger partial charge in [0.2, 0.25) is 5.89 Å². The Kier molecular flexibility index (Phi) is 4.49. The highest BCUT2D eigenvalue weighted by atomic mass is 16.5. The van der Waals surface area contributed by atoms with Gasteiger partial charge < -0.3 is 14.8 Å². The van der Waals surface area contributed by atoms with Crippen molar-refractivity contribution in [2.75, 3.05) is 19.6 Å². The van der Waals surface area contributed by atoms with Crippen molar-refractivity contribution in [2.24, 2.45) is 11.7 Å². The molecule has 0 unspecified atom stereocenters. The second-order valence-electron chi connectivity index (χ2n) is 7.40. The average molecular weight is 360 g/mol. The van der Waals surface area contributed by atoms with E-state index in [1.54, 1.807) is 0 Å². The van der Waals surface area contributed by atoms with Gasteiger partial charge in [-0.15, -0.1) is 0 Å². The number of amides is 1. The first-order chi connectivity index (χ1) is 12.5. The van der Waals surface area contributed by atoms with Gasteiger partial charge in [-0.25, -0.2) is 0 Å². The van der Waals surface area contributed by atoms with Crippen LogP contribution in [0.25, 0.3) is 0 Å². The predicted molar refractivity (Wildman–Crippen MR) is 91.0 cm³/mol. The molecular formula is C17H24N6O3. The van der Waals surface area contributed by atoms with Gasteiger partial charge >= 0.3 is 0 Å². The summed E-state index contributed by atoms with van der Waals surface area (Å²) in [7, 11) is 0. The van der Waals surface area contributed by atoms with Crippen molar-refractivity contribution in [3.8, 4) is 0 Å². The normalized spacial score (nSPS) is 24.1. The molecule has 140 valence electrons. The van der Waals surface area contributed by atoms with E-state index in [1.165, 1.54) is 12.0 Å². The van der Waals surface area contributed by atoms with Crippen LogP contribution in [0.2, 0.25) is 0 Å². The van der Waals surface area contributed by atoms with Crippen LogP contribution in [0.15, 0.2) is 9.05 Å². The third-order valence-electron chi connectivity index (χ3n) is 5.49. The molecule has 2 aromatic rings. The molecule has 2 N–H and O–H groups in total. The summed E-state index contributed by atoms with van der Waals surface area (Å²) in [6, 6.07) is 0.429. The molecule has 3 aliphatic heterocycles. The van der Waals surface area contributed by atoms with Crippen LogP contribution in [-0.2, 0) is 13.1 Å². The van der Waals surface area contributed by atoms with Crippen molar-refractivity contribution < 1.29 is 13.8 Å². The first-order valence-electron chi connectivity index (χ1n) is 9.00. The highest BCUT2D eigenvalue weighted by molar-refractivity contribution is 5.88. The molecule has 0 aliphatic carbocycles. The van der Waals surface area contributed by atoms with E-state index in [2.05, 4.69) is 25.1 Å². The van der Waals surface area contributed by atoms with Crippen molar-refractivity contribution in [3.63, 3.8) is 0 Å². The van der Waals surface area contributed by atoms with Gasteiger partial charge in [0, 0.05) is 37.8 Å². The maximum absolute atomic E-state index is 11.1. The fourth-order valence-electron chi connectivity index (χ4n) is 4.14. The highest BCUT2D eigenvalue weighted by Gasteiger charge is 2.36. The topological polar surface area (TPSA) is 115 Å². The van der Waals surface area contributed by atoms with Crippen molar-refractivity contribution in [1.29, 1.82) is 0 Å². The Morgan fingerprint density at radius 2 is 2.00 bits per heavy atom. The van der Waals surface area contributed by atoms with E-state index in [0.717, 1.165) is 44.1 Å². The lowest BCUT2D eigenvalue weighted by molar-refractivity contribution is 0.0987. The quantitative estimate of drug-likeness (QED) is 0.835. The molecule has 5 rings (SSSR count). The third-order valence-corrected chi connectivity index (χ3v) is 5.49. The first-order valence-corrected chi connectivity index (χ1v) is 9.00. The first kappa shape index (κ1) is 17.2. The van der Waals surface area contributed by atoms with E-state index in [4.69, 9.17) is 14.8 Å². The van der Waals surface area contributed by atoms with E-state index in [9.17, 15) is 4.79 Å². The van der Waals surface area contributed by atoms with E-state index in [0.29, 0.717) is 24.4 Å². The number of hydrogen-bond donors (Lipinski definition) is 1. The summed E-state index contributed by atoms with van der Waals surface area (Å²) >= 11 is 0. The molecule has 0 spiro atoms. The molecule has 2 aromatic heterocycles. The fourth-order valence-corrected chi connectivity index (χ4v) is 4.14. The lowest BCUT2D eigenvalue weighted by Crippen LogP contribution is -2.43. The van der Waals surface area contributed by atoms with Crippen LogP contribution in [-0.4, -0.2) is 56.7 Å². The summed E-state index contributed by atoms with van der Waals surface area (Å²) < 4.78 is 10.5. The van der Waals surface area contributed by atoms with E-state index in [1.807, 2.05) is 13.8 Å². The Labute approximate surface area is 151 Å². The molecule has 3 aliphatic rings. The number of primary amides is 1. The molecule has 5 heterocycles. The van der Waals surface area contributed by atoms with Gasteiger partial charge in [0.05, 0.1) is 12.2 Å². The van der Waals surface area contributed by atoms with Crippen LogP contribution in [0.1, 0.15) is 46.4 Å². The Balaban J connectivity index is 1.45.